The van der Waals surface area contributed by atoms with Crippen LogP contribution in [0.2, 0.25) is 0 Å². The maximum atomic E-state index is 11.3. The number of rotatable bonds is 7. The fourth-order valence-electron chi connectivity index (χ4n) is 1.32. The van der Waals surface area contributed by atoms with E-state index in [4.69, 9.17) is 0 Å². The van der Waals surface area contributed by atoms with Crippen LogP contribution in [0.3, 0.4) is 0 Å². The van der Waals surface area contributed by atoms with Crippen molar-refractivity contribution >= 4 is 9.84 Å². The van der Waals surface area contributed by atoms with E-state index in [0.717, 1.165) is 25.7 Å². The van der Waals surface area contributed by atoms with Crippen LogP contribution in [0, 0.1) is 11.7 Å². The minimum Gasteiger partial charge on any atom is -0.229 e. The van der Waals surface area contributed by atoms with Crippen molar-refractivity contribution in [1.82, 2.24) is 0 Å². The molecule has 1 atom stereocenters. The van der Waals surface area contributed by atoms with Gasteiger partial charge in [-0.3, -0.25) is 0 Å². The summed E-state index contributed by atoms with van der Waals surface area (Å²) in [6.07, 6.45) is 4.29. The first-order valence-electron chi connectivity index (χ1n) is 5.07. The smallest absolute Gasteiger partial charge is 0.154 e. The summed E-state index contributed by atoms with van der Waals surface area (Å²) in [4.78, 5) is 0. The van der Waals surface area contributed by atoms with Crippen molar-refractivity contribution in [3.8, 4) is 0 Å². The van der Waals surface area contributed by atoms with Crippen molar-refractivity contribution in [2.75, 3.05) is 5.75 Å². The fourth-order valence-corrected chi connectivity index (χ4v) is 2.57. The standard InChI is InChI=1S/C10H21O2S/c1-4-7-8-10(5-2)9-13(11,12)6-3/h6,10H,4-5,7-9H2,1-3H3. The molecule has 0 aromatic rings. The van der Waals surface area contributed by atoms with E-state index >= 15 is 0 Å². The van der Waals surface area contributed by atoms with Crippen LogP contribution in [0.4, 0.5) is 0 Å². The van der Waals surface area contributed by atoms with Crippen LogP contribution in [0.25, 0.3) is 0 Å². The van der Waals surface area contributed by atoms with E-state index in [0.29, 0.717) is 11.7 Å². The molecule has 0 rings (SSSR count). The molecule has 0 spiro atoms. The Hall–Kier alpha value is -0.0500. The monoisotopic (exact) mass is 205 g/mol. The topological polar surface area (TPSA) is 34.1 Å². The van der Waals surface area contributed by atoms with Crippen LogP contribution in [0.5, 0.6) is 0 Å². The molecule has 0 aliphatic rings. The third kappa shape index (κ3) is 6.08. The zero-order valence-electron chi connectivity index (χ0n) is 8.91. The molecule has 2 nitrogen and oxygen atoms in total. The second-order valence-corrected chi connectivity index (χ2v) is 5.61. The SMILES string of the molecule is C[CH]S(=O)(=O)CC(CC)CCCC. The van der Waals surface area contributed by atoms with Crippen molar-refractivity contribution in [2.45, 2.75) is 46.5 Å². The predicted octanol–water partition coefficient (Wildman–Crippen LogP) is 2.80. The summed E-state index contributed by atoms with van der Waals surface area (Å²) in [5.74, 6) is 2.00. The average molecular weight is 205 g/mol. The summed E-state index contributed by atoms with van der Waals surface area (Å²) >= 11 is 0. The zero-order valence-corrected chi connectivity index (χ0v) is 9.73. The van der Waals surface area contributed by atoms with E-state index in [2.05, 4.69) is 13.8 Å². The maximum absolute atomic E-state index is 11.3. The summed E-state index contributed by atoms with van der Waals surface area (Å²) in [6, 6.07) is 0. The van der Waals surface area contributed by atoms with Gasteiger partial charge in [0.25, 0.3) is 0 Å². The van der Waals surface area contributed by atoms with Gasteiger partial charge < -0.3 is 0 Å². The summed E-state index contributed by atoms with van der Waals surface area (Å²) in [6.45, 7) is 5.79. The molecule has 13 heavy (non-hydrogen) atoms. The molecular formula is C10H21O2S. The van der Waals surface area contributed by atoms with E-state index in [1.54, 1.807) is 6.92 Å². The lowest BCUT2D eigenvalue weighted by Crippen LogP contribution is -2.14. The Morgan fingerprint density at radius 1 is 1.31 bits per heavy atom. The second kappa shape index (κ2) is 6.41. The molecule has 0 bridgehead atoms. The van der Waals surface area contributed by atoms with E-state index in [9.17, 15) is 8.42 Å². The maximum Gasteiger partial charge on any atom is 0.154 e. The first-order chi connectivity index (χ1) is 6.05. The lowest BCUT2D eigenvalue weighted by atomic mass is 10.0. The minimum absolute atomic E-state index is 0.333. The van der Waals surface area contributed by atoms with Crippen molar-refractivity contribution in [2.24, 2.45) is 5.92 Å². The molecule has 1 unspecified atom stereocenters. The van der Waals surface area contributed by atoms with Gasteiger partial charge in [-0.15, -0.1) is 0 Å². The third-order valence-corrected chi connectivity index (χ3v) is 4.02. The molecule has 1 radical (unpaired) electrons. The molecular weight excluding hydrogens is 184 g/mol. The Bertz CT molecular complexity index is 207. The lowest BCUT2D eigenvalue weighted by molar-refractivity contribution is 0.485. The average Bonchev–Trinajstić information content (AvgIpc) is 2.12. The van der Waals surface area contributed by atoms with Crippen LogP contribution in [0.15, 0.2) is 0 Å². The molecule has 0 amide bonds. The Labute approximate surface area is 82.6 Å². The van der Waals surface area contributed by atoms with Gasteiger partial charge in [0.1, 0.15) is 0 Å². The fraction of sp³-hybridized carbons (Fsp3) is 0.900. The van der Waals surface area contributed by atoms with Gasteiger partial charge >= 0.3 is 0 Å². The van der Waals surface area contributed by atoms with Gasteiger partial charge in [-0.2, -0.15) is 0 Å². The van der Waals surface area contributed by atoms with Crippen molar-refractivity contribution in [3.63, 3.8) is 0 Å². The Kier molecular flexibility index (Phi) is 6.39. The molecule has 0 aromatic carbocycles. The number of hydrogen-bond acceptors (Lipinski definition) is 2. The van der Waals surface area contributed by atoms with Gasteiger partial charge in [-0.1, -0.05) is 33.1 Å². The first-order valence-corrected chi connectivity index (χ1v) is 6.79. The molecule has 0 N–H and O–H groups in total. The minimum atomic E-state index is -2.89. The summed E-state index contributed by atoms with van der Waals surface area (Å²) in [5.41, 5.74) is 0. The van der Waals surface area contributed by atoms with Crippen molar-refractivity contribution < 1.29 is 8.42 Å². The molecule has 3 heteroatoms. The van der Waals surface area contributed by atoms with Crippen molar-refractivity contribution in [3.05, 3.63) is 5.75 Å². The van der Waals surface area contributed by atoms with E-state index in [1.807, 2.05) is 0 Å². The number of sulfone groups is 1. The summed E-state index contributed by atoms with van der Waals surface area (Å²) < 4.78 is 22.6. The predicted molar refractivity (Wildman–Crippen MR) is 57.1 cm³/mol. The van der Waals surface area contributed by atoms with Crippen LogP contribution in [-0.2, 0) is 9.84 Å². The largest absolute Gasteiger partial charge is 0.229 e. The van der Waals surface area contributed by atoms with Gasteiger partial charge in [0.05, 0.1) is 11.5 Å². The highest BCUT2D eigenvalue weighted by molar-refractivity contribution is 7.93. The van der Waals surface area contributed by atoms with Crippen LogP contribution in [0.1, 0.15) is 46.5 Å². The van der Waals surface area contributed by atoms with E-state index in [-0.39, 0.29) is 0 Å². The van der Waals surface area contributed by atoms with E-state index < -0.39 is 9.84 Å². The second-order valence-electron chi connectivity index (χ2n) is 3.48. The summed E-state index contributed by atoms with van der Waals surface area (Å²) in [5, 5.41) is 0. The molecule has 0 saturated heterocycles. The third-order valence-electron chi connectivity index (χ3n) is 2.37. The summed E-state index contributed by atoms with van der Waals surface area (Å²) in [7, 11) is -2.89. The van der Waals surface area contributed by atoms with Crippen LogP contribution < -0.4 is 0 Å². The molecule has 0 aliphatic carbocycles. The lowest BCUT2D eigenvalue weighted by Gasteiger charge is -2.13. The zero-order chi connectivity index (χ0) is 10.3. The Morgan fingerprint density at radius 2 is 1.92 bits per heavy atom. The Balaban J connectivity index is 3.97. The highest BCUT2D eigenvalue weighted by Crippen LogP contribution is 2.16. The first kappa shape index (κ1) is 12.9. The van der Waals surface area contributed by atoms with Crippen LogP contribution in [-0.4, -0.2) is 14.2 Å². The van der Waals surface area contributed by atoms with Gasteiger partial charge in [0.2, 0.25) is 0 Å². The number of unbranched alkanes of at least 4 members (excludes halogenated alkanes) is 1. The molecule has 0 aliphatic heterocycles. The molecule has 79 valence electrons. The highest BCUT2D eigenvalue weighted by Gasteiger charge is 2.15. The van der Waals surface area contributed by atoms with Gasteiger partial charge in [-0.25, -0.2) is 8.42 Å². The highest BCUT2D eigenvalue weighted by atomic mass is 32.2. The quantitative estimate of drug-likeness (QED) is 0.640. The molecule has 0 aromatic heterocycles. The number of hydrogen-bond donors (Lipinski definition) is 0. The van der Waals surface area contributed by atoms with Gasteiger partial charge in [0, 0.05) is 0 Å². The molecule has 0 fully saturated rings. The normalized spacial score (nSPS) is 14.4. The molecule has 0 heterocycles. The van der Waals surface area contributed by atoms with Gasteiger partial charge in [0.15, 0.2) is 9.84 Å². The van der Waals surface area contributed by atoms with E-state index in [1.165, 1.54) is 5.75 Å². The molecule has 0 saturated carbocycles. The van der Waals surface area contributed by atoms with Crippen molar-refractivity contribution in [1.29, 1.82) is 0 Å². The van der Waals surface area contributed by atoms with Crippen LogP contribution >= 0.6 is 0 Å². The Morgan fingerprint density at radius 3 is 2.31 bits per heavy atom. The van der Waals surface area contributed by atoms with Gasteiger partial charge in [-0.05, 0) is 19.3 Å².